The van der Waals surface area contributed by atoms with Crippen molar-refractivity contribution in [2.45, 2.75) is 12.5 Å². The molecule has 0 fully saturated rings. The number of halogens is 2. The molecule has 1 heterocycles. The van der Waals surface area contributed by atoms with E-state index in [4.69, 9.17) is 16.7 Å². The maximum absolute atomic E-state index is 5.98. The summed E-state index contributed by atoms with van der Waals surface area (Å²) in [5.41, 5.74) is 6.44. The molecule has 0 bridgehead atoms. The van der Waals surface area contributed by atoms with Gasteiger partial charge in [0.2, 0.25) is 0 Å². The Morgan fingerprint density at radius 2 is 1.64 bits per heavy atom. The van der Waals surface area contributed by atoms with Gasteiger partial charge in [-0.1, -0.05) is 72.3 Å². The second kappa shape index (κ2) is 9.89. The average Bonchev–Trinajstić information content (AvgIpc) is 3.30. The van der Waals surface area contributed by atoms with E-state index >= 15 is 0 Å². The van der Waals surface area contributed by atoms with Crippen molar-refractivity contribution in [3.8, 4) is 0 Å². The van der Waals surface area contributed by atoms with Gasteiger partial charge >= 0.3 is 0 Å². The van der Waals surface area contributed by atoms with Crippen LogP contribution in [0.3, 0.4) is 0 Å². The SMILES string of the molecule is Clc1ccc(C=Nc2cccc(C3=NN(c4ccccc4)C(c4ccccc4I)C3)c2)cc1. The van der Waals surface area contributed by atoms with Gasteiger partial charge in [-0.15, -0.1) is 0 Å². The molecule has 4 aromatic carbocycles. The van der Waals surface area contributed by atoms with Crippen LogP contribution in [-0.4, -0.2) is 11.9 Å². The quantitative estimate of drug-likeness (QED) is 0.179. The zero-order chi connectivity index (χ0) is 22.6. The number of hydrazone groups is 1. The summed E-state index contributed by atoms with van der Waals surface area (Å²) >= 11 is 8.40. The highest BCUT2D eigenvalue weighted by atomic mass is 127. The summed E-state index contributed by atoms with van der Waals surface area (Å²) in [6, 6.07) is 35.0. The van der Waals surface area contributed by atoms with Crippen LogP contribution in [0.1, 0.15) is 29.2 Å². The maximum atomic E-state index is 5.98. The predicted molar refractivity (Wildman–Crippen MR) is 147 cm³/mol. The van der Waals surface area contributed by atoms with E-state index in [2.05, 4.69) is 93.3 Å². The molecule has 33 heavy (non-hydrogen) atoms. The van der Waals surface area contributed by atoms with E-state index < -0.39 is 0 Å². The Morgan fingerprint density at radius 3 is 2.42 bits per heavy atom. The Morgan fingerprint density at radius 1 is 0.879 bits per heavy atom. The van der Waals surface area contributed by atoms with Crippen LogP contribution in [0.4, 0.5) is 11.4 Å². The van der Waals surface area contributed by atoms with E-state index in [1.165, 1.54) is 9.13 Å². The van der Waals surface area contributed by atoms with Crippen molar-refractivity contribution in [1.82, 2.24) is 0 Å². The number of hydrogen-bond acceptors (Lipinski definition) is 3. The van der Waals surface area contributed by atoms with Crippen LogP contribution >= 0.6 is 34.2 Å². The smallest absolute Gasteiger partial charge is 0.0842 e. The Balaban J connectivity index is 1.47. The van der Waals surface area contributed by atoms with E-state index in [0.29, 0.717) is 0 Å². The van der Waals surface area contributed by atoms with E-state index in [0.717, 1.165) is 39.7 Å². The van der Waals surface area contributed by atoms with Gasteiger partial charge in [-0.2, -0.15) is 5.10 Å². The van der Waals surface area contributed by atoms with Gasteiger partial charge in [-0.3, -0.25) is 10.0 Å². The summed E-state index contributed by atoms with van der Waals surface area (Å²) in [7, 11) is 0. The normalized spacial score (nSPS) is 15.8. The zero-order valence-electron chi connectivity index (χ0n) is 17.8. The molecule has 1 aliphatic rings. The molecule has 0 saturated carbocycles. The number of rotatable bonds is 5. The zero-order valence-corrected chi connectivity index (χ0v) is 20.7. The largest absolute Gasteiger partial charge is 0.257 e. The number of para-hydroxylation sites is 1. The van der Waals surface area contributed by atoms with Crippen molar-refractivity contribution in [3.63, 3.8) is 0 Å². The Kier molecular flexibility index (Phi) is 6.55. The van der Waals surface area contributed by atoms with Gasteiger partial charge in [0.05, 0.1) is 23.1 Å². The fourth-order valence-electron chi connectivity index (χ4n) is 3.95. The molecule has 1 unspecified atom stereocenters. The second-order valence-corrected chi connectivity index (χ2v) is 9.43. The molecule has 0 saturated heterocycles. The van der Waals surface area contributed by atoms with Crippen LogP contribution in [-0.2, 0) is 0 Å². The molecule has 0 amide bonds. The van der Waals surface area contributed by atoms with Crippen molar-refractivity contribution in [1.29, 1.82) is 0 Å². The van der Waals surface area contributed by atoms with Crippen LogP contribution in [0.15, 0.2) is 113 Å². The maximum Gasteiger partial charge on any atom is 0.0842 e. The van der Waals surface area contributed by atoms with Gasteiger partial charge in [0, 0.05) is 21.2 Å². The lowest BCUT2D eigenvalue weighted by Gasteiger charge is -2.24. The third kappa shape index (κ3) is 5.02. The van der Waals surface area contributed by atoms with E-state index in [1.807, 2.05) is 48.7 Å². The molecule has 0 radical (unpaired) electrons. The van der Waals surface area contributed by atoms with Gasteiger partial charge in [0.15, 0.2) is 0 Å². The first-order chi connectivity index (χ1) is 16.2. The van der Waals surface area contributed by atoms with Gasteiger partial charge < -0.3 is 0 Å². The molecule has 162 valence electrons. The number of anilines is 1. The Bertz CT molecular complexity index is 1320. The lowest BCUT2D eigenvalue weighted by Crippen LogP contribution is -2.19. The van der Waals surface area contributed by atoms with E-state index in [9.17, 15) is 0 Å². The molecule has 5 rings (SSSR count). The Hall–Kier alpha value is -2.96. The summed E-state index contributed by atoms with van der Waals surface area (Å²) in [5.74, 6) is 0. The number of hydrogen-bond donors (Lipinski definition) is 0. The molecule has 0 spiro atoms. The van der Waals surface area contributed by atoms with E-state index in [-0.39, 0.29) is 6.04 Å². The molecule has 0 aliphatic carbocycles. The summed E-state index contributed by atoms with van der Waals surface area (Å²) in [5, 5.41) is 7.95. The molecule has 0 aromatic heterocycles. The average molecular weight is 562 g/mol. The van der Waals surface area contributed by atoms with Gasteiger partial charge in [0.25, 0.3) is 0 Å². The first kappa shape index (κ1) is 21.9. The molecule has 4 aromatic rings. The van der Waals surface area contributed by atoms with Crippen molar-refractivity contribution < 1.29 is 0 Å². The summed E-state index contributed by atoms with van der Waals surface area (Å²) in [4.78, 5) is 4.67. The first-order valence-electron chi connectivity index (χ1n) is 10.7. The number of aliphatic imine (C=N–C) groups is 1. The fourth-order valence-corrected chi connectivity index (χ4v) is 4.83. The van der Waals surface area contributed by atoms with Crippen LogP contribution in [0, 0.1) is 3.57 Å². The van der Waals surface area contributed by atoms with Gasteiger partial charge in [-0.05, 0) is 81.7 Å². The lowest BCUT2D eigenvalue weighted by atomic mass is 9.98. The van der Waals surface area contributed by atoms with Crippen LogP contribution in [0.5, 0.6) is 0 Å². The van der Waals surface area contributed by atoms with Gasteiger partial charge in [0.1, 0.15) is 0 Å². The molecule has 1 aliphatic heterocycles. The monoisotopic (exact) mass is 561 g/mol. The standard InChI is InChI=1S/C28H21ClIN3/c29-22-15-13-20(14-16-22)19-31-23-8-6-7-21(17-23)27-18-28(25-11-4-5-12-26(25)30)33(32-27)24-9-2-1-3-10-24/h1-17,19,28H,18H2. The minimum absolute atomic E-state index is 0.150. The molecule has 3 nitrogen and oxygen atoms in total. The lowest BCUT2D eigenvalue weighted by molar-refractivity contribution is 0.705. The summed E-state index contributed by atoms with van der Waals surface area (Å²) in [6.07, 6.45) is 2.69. The van der Waals surface area contributed by atoms with Crippen molar-refractivity contribution >= 4 is 57.5 Å². The minimum Gasteiger partial charge on any atom is -0.257 e. The molecule has 0 N–H and O–H groups in total. The molecule has 5 heteroatoms. The highest BCUT2D eigenvalue weighted by Crippen LogP contribution is 2.38. The second-order valence-electron chi connectivity index (χ2n) is 7.83. The third-order valence-corrected chi connectivity index (χ3v) is 6.84. The molecular formula is C28H21ClIN3. The van der Waals surface area contributed by atoms with Crippen LogP contribution in [0.25, 0.3) is 0 Å². The highest BCUT2D eigenvalue weighted by Gasteiger charge is 2.31. The number of benzene rings is 4. The van der Waals surface area contributed by atoms with E-state index in [1.54, 1.807) is 0 Å². The summed E-state index contributed by atoms with van der Waals surface area (Å²) in [6.45, 7) is 0. The minimum atomic E-state index is 0.150. The predicted octanol–water partition coefficient (Wildman–Crippen LogP) is 8.05. The Labute approximate surface area is 212 Å². The summed E-state index contributed by atoms with van der Waals surface area (Å²) < 4.78 is 1.25. The van der Waals surface area contributed by atoms with Gasteiger partial charge in [-0.25, -0.2) is 0 Å². The first-order valence-corrected chi connectivity index (χ1v) is 12.2. The van der Waals surface area contributed by atoms with Crippen LogP contribution < -0.4 is 5.01 Å². The van der Waals surface area contributed by atoms with Crippen molar-refractivity contribution in [2.24, 2.45) is 10.1 Å². The van der Waals surface area contributed by atoms with Crippen molar-refractivity contribution in [3.05, 3.63) is 128 Å². The third-order valence-electron chi connectivity index (χ3n) is 5.61. The number of nitrogens with zero attached hydrogens (tertiary/aromatic N) is 3. The van der Waals surface area contributed by atoms with Crippen LogP contribution in [0.2, 0.25) is 5.02 Å². The molecule has 1 atom stereocenters. The highest BCUT2D eigenvalue weighted by molar-refractivity contribution is 14.1. The fraction of sp³-hybridized carbons (Fsp3) is 0.0714. The van der Waals surface area contributed by atoms with Crippen molar-refractivity contribution in [2.75, 3.05) is 5.01 Å². The molecular weight excluding hydrogens is 541 g/mol. The topological polar surface area (TPSA) is 28.0 Å².